The van der Waals surface area contributed by atoms with Crippen molar-refractivity contribution in [2.75, 3.05) is 23.8 Å². The summed E-state index contributed by atoms with van der Waals surface area (Å²) in [6.45, 7) is -2.13. The monoisotopic (exact) mass is 302 g/mol. The first-order chi connectivity index (χ1) is 9.83. The molecule has 0 bridgehead atoms. The normalized spacial score (nSPS) is 14.3. The molecule has 2 amide bonds. The Morgan fingerprint density at radius 1 is 1.33 bits per heavy atom. The summed E-state index contributed by atoms with van der Waals surface area (Å²) in [6, 6.07) is 4.88. The molecule has 5 nitrogen and oxygen atoms in total. The number of alkyl halides is 3. The van der Waals surface area contributed by atoms with Crippen LogP contribution >= 0.6 is 0 Å². The van der Waals surface area contributed by atoms with Gasteiger partial charge in [-0.3, -0.25) is 9.59 Å². The first-order valence-electron chi connectivity index (χ1n) is 6.20. The van der Waals surface area contributed by atoms with Gasteiger partial charge in [0, 0.05) is 17.8 Å². The molecule has 0 atom stereocenters. The first-order valence-corrected chi connectivity index (χ1v) is 6.20. The molecule has 2 rings (SSSR count). The first kappa shape index (κ1) is 15.3. The quantitative estimate of drug-likeness (QED) is 0.895. The number of anilines is 2. The highest BCUT2D eigenvalue weighted by Gasteiger charge is 2.27. The van der Waals surface area contributed by atoms with Crippen LogP contribution in [-0.4, -0.2) is 31.2 Å². The average Bonchev–Trinajstić information content (AvgIpc) is 2.37. The van der Waals surface area contributed by atoms with Crippen molar-refractivity contribution < 1.29 is 27.5 Å². The van der Waals surface area contributed by atoms with Crippen molar-refractivity contribution in [3.8, 4) is 0 Å². The van der Waals surface area contributed by atoms with Crippen molar-refractivity contribution in [2.45, 2.75) is 19.0 Å². The highest BCUT2D eigenvalue weighted by atomic mass is 19.4. The molecule has 0 saturated carbocycles. The lowest BCUT2D eigenvalue weighted by atomic mass is 10.0. The molecule has 0 aliphatic carbocycles. The Bertz CT molecular complexity index is 558. The van der Waals surface area contributed by atoms with Crippen molar-refractivity contribution in [1.29, 1.82) is 0 Å². The number of carbonyl (C=O) groups excluding carboxylic acids is 2. The summed E-state index contributed by atoms with van der Waals surface area (Å²) in [6.07, 6.45) is -3.54. The van der Waals surface area contributed by atoms with Gasteiger partial charge in [0.05, 0.1) is 0 Å². The van der Waals surface area contributed by atoms with Crippen LogP contribution in [0.1, 0.15) is 12.0 Å². The SMILES string of the molecule is O=C(COCC(F)(F)F)Nc1ccc2c(c1)CCC(=O)N2. The highest BCUT2D eigenvalue weighted by molar-refractivity contribution is 5.95. The fourth-order valence-electron chi connectivity index (χ4n) is 1.92. The van der Waals surface area contributed by atoms with Crippen LogP contribution in [0.15, 0.2) is 18.2 Å². The molecule has 1 heterocycles. The molecule has 0 spiro atoms. The van der Waals surface area contributed by atoms with Crippen LogP contribution in [-0.2, 0) is 20.7 Å². The van der Waals surface area contributed by atoms with E-state index in [-0.39, 0.29) is 5.91 Å². The van der Waals surface area contributed by atoms with Gasteiger partial charge < -0.3 is 15.4 Å². The minimum atomic E-state index is -4.45. The van der Waals surface area contributed by atoms with Crippen molar-refractivity contribution in [2.24, 2.45) is 0 Å². The third-order valence-corrected chi connectivity index (χ3v) is 2.78. The minimum Gasteiger partial charge on any atom is -0.362 e. The van der Waals surface area contributed by atoms with E-state index in [2.05, 4.69) is 15.4 Å². The van der Waals surface area contributed by atoms with Gasteiger partial charge in [0.1, 0.15) is 13.2 Å². The van der Waals surface area contributed by atoms with Crippen molar-refractivity contribution in [1.82, 2.24) is 0 Å². The fourth-order valence-corrected chi connectivity index (χ4v) is 1.92. The number of hydrogen-bond acceptors (Lipinski definition) is 3. The summed E-state index contributed by atoms with van der Waals surface area (Å²) in [5, 5.41) is 5.14. The minimum absolute atomic E-state index is 0.0696. The number of benzene rings is 1. The fraction of sp³-hybridized carbons (Fsp3) is 0.385. The van der Waals surface area contributed by atoms with E-state index in [1.807, 2.05) is 0 Å². The van der Waals surface area contributed by atoms with Gasteiger partial charge in [-0.2, -0.15) is 13.2 Å². The molecule has 1 aliphatic rings. The molecule has 0 radical (unpaired) electrons. The van der Waals surface area contributed by atoms with Gasteiger partial charge >= 0.3 is 6.18 Å². The zero-order valence-corrected chi connectivity index (χ0v) is 10.9. The zero-order chi connectivity index (χ0) is 15.5. The topological polar surface area (TPSA) is 67.4 Å². The van der Waals surface area contributed by atoms with E-state index in [4.69, 9.17) is 0 Å². The molecule has 1 aromatic rings. The summed E-state index contributed by atoms with van der Waals surface area (Å²) < 4.78 is 39.9. The standard InChI is InChI=1S/C13H13F3N2O3/c14-13(15,16)7-21-6-12(20)17-9-2-3-10-8(5-9)1-4-11(19)18-10/h2-3,5H,1,4,6-7H2,(H,17,20)(H,18,19). The summed E-state index contributed by atoms with van der Waals surface area (Å²) in [4.78, 5) is 22.6. The summed E-state index contributed by atoms with van der Waals surface area (Å²) in [5.41, 5.74) is 1.99. The molecule has 0 unspecified atom stereocenters. The average molecular weight is 302 g/mol. The lowest BCUT2D eigenvalue weighted by Crippen LogP contribution is -2.24. The van der Waals surface area contributed by atoms with Gasteiger partial charge in [0.25, 0.3) is 0 Å². The zero-order valence-electron chi connectivity index (χ0n) is 10.9. The van der Waals surface area contributed by atoms with Gasteiger partial charge in [-0.15, -0.1) is 0 Å². The van der Waals surface area contributed by atoms with Gasteiger partial charge in [0.2, 0.25) is 11.8 Å². The van der Waals surface area contributed by atoms with Crippen molar-refractivity contribution >= 4 is 23.2 Å². The Morgan fingerprint density at radius 2 is 2.10 bits per heavy atom. The van der Waals surface area contributed by atoms with E-state index >= 15 is 0 Å². The number of aryl methyl sites for hydroxylation is 1. The van der Waals surface area contributed by atoms with Crippen LogP contribution in [0, 0.1) is 0 Å². The molecule has 1 aliphatic heterocycles. The predicted octanol–water partition coefficient (Wildman–Crippen LogP) is 2.09. The lowest BCUT2D eigenvalue weighted by Gasteiger charge is -2.17. The number of nitrogens with one attached hydrogen (secondary N) is 2. The van der Waals surface area contributed by atoms with Gasteiger partial charge in [-0.25, -0.2) is 0 Å². The summed E-state index contributed by atoms with van der Waals surface area (Å²) in [7, 11) is 0. The number of amides is 2. The maximum absolute atomic E-state index is 11.9. The highest BCUT2D eigenvalue weighted by Crippen LogP contribution is 2.25. The second kappa shape index (κ2) is 6.13. The van der Waals surface area contributed by atoms with Crippen LogP contribution in [0.4, 0.5) is 24.5 Å². The van der Waals surface area contributed by atoms with Crippen LogP contribution in [0.2, 0.25) is 0 Å². The van der Waals surface area contributed by atoms with Crippen molar-refractivity contribution in [3.63, 3.8) is 0 Å². The Morgan fingerprint density at radius 3 is 2.81 bits per heavy atom. The molecule has 2 N–H and O–H groups in total. The Kier molecular flexibility index (Phi) is 4.46. The van der Waals surface area contributed by atoms with Crippen LogP contribution < -0.4 is 10.6 Å². The van der Waals surface area contributed by atoms with E-state index < -0.39 is 25.3 Å². The number of rotatable bonds is 4. The summed E-state index contributed by atoms with van der Waals surface area (Å²) in [5.74, 6) is -0.737. The number of fused-ring (bicyclic) bond motifs is 1. The molecule has 21 heavy (non-hydrogen) atoms. The Hall–Kier alpha value is -2.09. The Labute approximate surface area is 118 Å². The summed E-state index contributed by atoms with van der Waals surface area (Å²) >= 11 is 0. The number of ether oxygens (including phenoxy) is 1. The van der Waals surface area contributed by atoms with Gasteiger partial charge in [0.15, 0.2) is 0 Å². The molecular formula is C13H13F3N2O3. The van der Waals surface area contributed by atoms with E-state index in [0.717, 1.165) is 5.56 Å². The van der Waals surface area contributed by atoms with E-state index in [9.17, 15) is 22.8 Å². The van der Waals surface area contributed by atoms with Gasteiger partial charge in [-0.05, 0) is 30.2 Å². The van der Waals surface area contributed by atoms with Crippen LogP contribution in [0.25, 0.3) is 0 Å². The molecule has 0 saturated heterocycles. The number of carbonyl (C=O) groups is 2. The molecule has 1 aromatic carbocycles. The molecule has 0 aromatic heterocycles. The maximum Gasteiger partial charge on any atom is 0.411 e. The third kappa shape index (κ3) is 4.75. The largest absolute Gasteiger partial charge is 0.411 e. The second-order valence-corrected chi connectivity index (χ2v) is 4.58. The number of halogens is 3. The molecule has 0 fully saturated rings. The predicted molar refractivity (Wildman–Crippen MR) is 68.9 cm³/mol. The molecule has 114 valence electrons. The number of hydrogen-bond donors (Lipinski definition) is 2. The van der Waals surface area contributed by atoms with E-state index in [1.54, 1.807) is 18.2 Å². The van der Waals surface area contributed by atoms with Crippen LogP contribution in [0.5, 0.6) is 0 Å². The Balaban J connectivity index is 1.88. The van der Waals surface area contributed by atoms with Gasteiger partial charge in [-0.1, -0.05) is 0 Å². The smallest absolute Gasteiger partial charge is 0.362 e. The van der Waals surface area contributed by atoms with E-state index in [0.29, 0.717) is 24.2 Å². The van der Waals surface area contributed by atoms with Crippen molar-refractivity contribution in [3.05, 3.63) is 23.8 Å². The maximum atomic E-state index is 11.9. The molecular weight excluding hydrogens is 289 g/mol. The lowest BCUT2D eigenvalue weighted by molar-refractivity contribution is -0.174. The third-order valence-electron chi connectivity index (χ3n) is 2.78. The molecule has 8 heteroatoms. The van der Waals surface area contributed by atoms with Crippen LogP contribution in [0.3, 0.4) is 0 Å². The second-order valence-electron chi connectivity index (χ2n) is 4.58. The van der Waals surface area contributed by atoms with E-state index in [1.165, 1.54) is 0 Å².